The Morgan fingerprint density at radius 3 is 2.50 bits per heavy atom. The molecule has 1 aromatic heterocycles. The Bertz CT molecular complexity index is 1070. The first-order valence-electron chi connectivity index (χ1n) is 9.03. The number of likely N-dealkylation sites (N-methyl/N-ethyl adjacent to an activating group) is 1. The molecule has 0 spiro atoms. The summed E-state index contributed by atoms with van der Waals surface area (Å²) < 4.78 is 11.2. The van der Waals surface area contributed by atoms with Crippen molar-refractivity contribution in [2.75, 3.05) is 33.2 Å². The van der Waals surface area contributed by atoms with Gasteiger partial charge in [-0.3, -0.25) is 4.79 Å². The highest BCUT2D eigenvalue weighted by Crippen LogP contribution is 2.31. The molecule has 144 valence electrons. The Kier molecular flexibility index (Phi) is 4.75. The first-order chi connectivity index (χ1) is 13.5. The lowest BCUT2D eigenvalue weighted by Crippen LogP contribution is -2.48. The van der Waals surface area contributed by atoms with Crippen LogP contribution in [0.3, 0.4) is 0 Å². The maximum absolute atomic E-state index is 12.5. The molecular weight excluding hydrogens is 360 g/mol. The van der Waals surface area contributed by atoms with Crippen molar-refractivity contribution in [2.45, 2.75) is 0 Å². The van der Waals surface area contributed by atoms with Crippen molar-refractivity contribution in [1.82, 2.24) is 9.80 Å². The van der Waals surface area contributed by atoms with E-state index in [0.717, 1.165) is 18.7 Å². The third-order valence-electron chi connectivity index (χ3n) is 4.81. The number of rotatable bonds is 2. The Morgan fingerprint density at radius 1 is 1.07 bits per heavy atom. The molecule has 1 fully saturated rings. The molecule has 0 saturated carbocycles. The highest BCUT2D eigenvalue weighted by molar-refractivity contribution is 5.86. The number of aromatic hydroxyl groups is 1. The van der Waals surface area contributed by atoms with Gasteiger partial charge in [0, 0.05) is 49.9 Å². The topological polar surface area (TPSA) is 83.2 Å². The summed E-state index contributed by atoms with van der Waals surface area (Å²) in [5.74, 6) is 0.217. The fourth-order valence-corrected chi connectivity index (χ4v) is 3.20. The number of amides is 1. The molecule has 0 radical (unpaired) electrons. The standard InChI is InChI=1S/C21H20N2O5/c1-22-7-9-23(10-8-22)21(26)27-15-11-16(24)20-17(25)13-18(28-19(20)12-15)14-5-3-2-4-6-14/h2-6,11-13,24H,7-10H2,1H3. The average Bonchev–Trinajstić information content (AvgIpc) is 2.68. The molecular formula is C21H20N2O5. The van der Waals surface area contributed by atoms with Crippen LogP contribution in [0.2, 0.25) is 0 Å². The van der Waals surface area contributed by atoms with E-state index in [9.17, 15) is 14.7 Å². The van der Waals surface area contributed by atoms with Gasteiger partial charge in [-0.05, 0) is 7.05 Å². The normalized spacial score (nSPS) is 15.0. The van der Waals surface area contributed by atoms with Crippen molar-refractivity contribution in [3.63, 3.8) is 0 Å². The van der Waals surface area contributed by atoms with Gasteiger partial charge in [0.15, 0.2) is 5.43 Å². The average molecular weight is 380 g/mol. The van der Waals surface area contributed by atoms with Crippen LogP contribution < -0.4 is 10.2 Å². The number of piperazine rings is 1. The molecule has 7 nitrogen and oxygen atoms in total. The smallest absolute Gasteiger partial charge is 0.415 e. The van der Waals surface area contributed by atoms with Crippen molar-refractivity contribution in [3.8, 4) is 22.8 Å². The maximum Gasteiger partial charge on any atom is 0.415 e. The summed E-state index contributed by atoms with van der Waals surface area (Å²) in [5, 5.41) is 10.3. The summed E-state index contributed by atoms with van der Waals surface area (Å²) in [4.78, 5) is 28.6. The third kappa shape index (κ3) is 3.57. The monoisotopic (exact) mass is 380 g/mol. The Morgan fingerprint density at radius 2 is 1.79 bits per heavy atom. The number of hydrogen-bond donors (Lipinski definition) is 1. The van der Waals surface area contributed by atoms with Crippen LogP contribution in [0.4, 0.5) is 4.79 Å². The fourth-order valence-electron chi connectivity index (χ4n) is 3.20. The quantitative estimate of drug-likeness (QED) is 0.736. The van der Waals surface area contributed by atoms with Gasteiger partial charge in [0.1, 0.15) is 28.2 Å². The minimum atomic E-state index is -0.492. The molecule has 1 N–H and O–H groups in total. The highest BCUT2D eigenvalue weighted by Gasteiger charge is 2.22. The highest BCUT2D eigenvalue weighted by atomic mass is 16.6. The molecule has 1 saturated heterocycles. The first-order valence-corrected chi connectivity index (χ1v) is 9.03. The van der Waals surface area contributed by atoms with Gasteiger partial charge in [-0.1, -0.05) is 30.3 Å². The number of carbonyl (C=O) groups excluding carboxylic acids is 1. The number of nitrogens with zero attached hydrogens (tertiary/aromatic N) is 2. The lowest BCUT2D eigenvalue weighted by Gasteiger charge is -2.31. The summed E-state index contributed by atoms with van der Waals surface area (Å²) >= 11 is 0. The SMILES string of the molecule is CN1CCN(C(=O)Oc2cc(O)c3c(=O)cc(-c4ccccc4)oc3c2)CC1. The van der Waals surface area contributed by atoms with E-state index in [0.29, 0.717) is 18.8 Å². The van der Waals surface area contributed by atoms with Gasteiger partial charge in [-0.25, -0.2) is 4.79 Å². The molecule has 7 heteroatoms. The van der Waals surface area contributed by atoms with E-state index < -0.39 is 6.09 Å². The molecule has 1 aliphatic heterocycles. The van der Waals surface area contributed by atoms with Crippen LogP contribution in [-0.4, -0.2) is 54.2 Å². The number of fused-ring (bicyclic) bond motifs is 1. The molecule has 2 aromatic carbocycles. The van der Waals surface area contributed by atoms with Crippen molar-refractivity contribution < 1.29 is 19.1 Å². The molecule has 0 unspecified atom stereocenters. The number of phenols is 1. The van der Waals surface area contributed by atoms with Gasteiger partial charge < -0.3 is 24.1 Å². The maximum atomic E-state index is 12.5. The van der Waals surface area contributed by atoms with Crippen molar-refractivity contribution in [1.29, 1.82) is 0 Å². The van der Waals surface area contributed by atoms with E-state index in [1.54, 1.807) is 4.90 Å². The second-order valence-corrected chi connectivity index (χ2v) is 6.81. The van der Waals surface area contributed by atoms with E-state index in [4.69, 9.17) is 9.15 Å². The third-order valence-corrected chi connectivity index (χ3v) is 4.81. The zero-order valence-corrected chi connectivity index (χ0v) is 15.4. The largest absolute Gasteiger partial charge is 0.507 e. The second kappa shape index (κ2) is 7.36. The van der Waals surface area contributed by atoms with Gasteiger partial charge in [0.25, 0.3) is 0 Å². The van der Waals surface area contributed by atoms with E-state index in [1.165, 1.54) is 18.2 Å². The van der Waals surface area contributed by atoms with Crippen molar-refractivity contribution >= 4 is 17.1 Å². The molecule has 1 aliphatic rings. The second-order valence-electron chi connectivity index (χ2n) is 6.81. The molecule has 0 atom stereocenters. The Balaban J connectivity index is 1.67. The van der Waals surface area contributed by atoms with Crippen molar-refractivity contribution in [2.24, 2.45) is 0 Å². The predicted octanol–water partition coefficient (Wildman–Crippen LogP) is 2.91. The lowest BCUT2D eigenvalue weighted by molar-refractivity contribution is 0.120. The van der Waals surface area contributed by atoms with Gasteiger partial charge in [0.2, 0.25) is 0 Å². The Hall–Kier alpha value is -3.32. The zero-order chi connectivity index (χ0) is 19.7. The van der Waals surface area contributed by atoms with Crippen LogP contribution in [0, 0.1) is 0 Å². The van der Waals surface area contributed by atoms with Crippen LogP contribution in [0.5, 0.6) is 11.5 Å². The molecule has 0 bridgehead atoms. The molecule has 2 heterocycles. The predicted molar refractivity (Wildman–Crippen MR) is 105 cm³/mol. The van der Waals surface area contributed by atoms with E-state index >= 15 is 0 Å². The van der Waals surface area contributed by atoms with Crippen molar-refractivity contribution in [3.05, 3.63) is 58.8 Å². The molecule has 28 heavy (non-hydrogen) atoms. The molecule has 1 amide bonds. The molecule has 0 aliphatic carbocycles. The van der Waals surface area contributed by atoms with Gasteiger partial charge >= 0.3 is 6.09 Å². The van der Waals surface area contributed by atoms with E-state index in [-0.39, 0.29) is 27.9 Å². The summed E-state index contributed by atoms with van der Waals surface area (Å²) in [7, 11) is 2.00. The van der Waals surface area contributed by atoms with Crippen LogP contribution in [0.1, 0.15) is 0 Å². The number of benzene rings is 2. The fraction of sp³-hybridized carbons (Fsp3) is 0.238. The minimum Gasteiger partial charge on any atom is -0.507 e. The number of phenolic OH excluding ortho intramolecular Hbond substituents is 1. The van der Waals surface area contributed by atoms with Crippen LogP contribution >= 0.6 is 0 Å². The summed E-state index contributed by atoms with van der Waals surface area (Å²) in [6.07, 6.45) is -0.492. The number of hydrogen-bond acceptors (Lipinski definition) is 6. The Labute approximate surface area is 161 Å². The van der Waals surface area contributed by atoms with Crippen LogP contribution in [0.25, 0.3) is 22.3 Å². The summed E-state index contributed by atoms with van der Waals surface area (Å²) in [6.45, 7) is 2.69. The summed E-state index contributed by atoms with van der Waals surface area (Å²) in [5.41, 5.74) is 0.530. The number of carbonyl (C=O) groups is 1. The van der Waals surface area contributed by atoms with Crippen LogP contribution in [-0.2, 0) is 0 Å². The van der Waals surface area contributed by atoms with E-state index in [1.807, 2.05) is 37.4 Å². The first kappa shape index (κ1) is 18.1. The van der Waals surface area contributed by atoms with Gasteiger partial charge in [-0.15, -0.1) is 0 Å². The zero-order valence-electron chi connectivity index (χ0n) is 15.4. The van der Waals surface area contributed by atoms with E-state index in [2.05, 4.69) is 4.90 Å². The molecule has 3 aromatic rings. The summed E-state index contributed by atoms with van der Waals surface area (Å²) in [6, 6.07) is 13.2. The lowest BCUT2D eigenvalue weighted by atomic mass is 10.1. The van der Waals surface area contributed by atoms with Gasteiger partial charge in [0.05, 0.1) is 0 Å². The van der Waals surface area contributed by atoms with Gasteiger partial charge in [-0.2, -0.15) is 0 Å². The number of ether oxygens (including phenoxy) is 1. The minimum absolute atomic E-state index is 0.0547. The molecule has 4 rings (SSSR count). The van der Waals surface area contributed by atoms with Crippen LogP contribution in [0.15, 0.2) is 57.7 Å².